The second-order valence-corrected chi connectivity index (χ2v) is 6.82. The molecule has 0 atom stereocenters. The van der Waals surface area contributed by atoms with Crippen LogP contribution in [0, 0.1) is 11.3 Å². The Hall–Kier alpha value is -1.36. The zero-order valence-electron chi connectivity index (χ0n) is 14.2. The van der Waals surface area contributed by atoms with Crippen LogP contribution in [0.5, 0.6) is 0 Å². The Kier molecular flexibility index (Phi) is 5.34. The van der Waals surface area contributed by atoms with Crippen molar-refractivity contribution in [2.45, 2.75) is 79.1 Å². The predicted molar refractivity (Wildman–Crippen MR) is 85.3 cm³/mol. The van der Waals surface area contributed by atoms with Crippen LogP contribution in [0.2, 0.25) is 0 Å². The summed E-state index contributed by atoms with van der Waals surface area (Å²) in [6, 6.07) is 2.48. The van der Waals surface area contributed by atoms with Gasteiger partial charge in [0.2, 0.25) is 0 Å². The third kappa shape index (κ3) is 3.03. The molecule has 0 saturated heterocycles. The van der Waals surface area contributed by atoms with Gasteiger partial charge in [-0.25, -0.2) is 0 Å². The molecule has 0 aliphatic rings. The normalized spacial score (nSPS) is 11.8. The van der Waals surface area contributed by atoms with Crippen LogP contribution < -0.4 is 0 Å². The molecule has 0 fully saturated rings. The Morgan fingerprint density at radius 3 is 1.25 bits per heavy atom. The number of nitrogens with zero attached hydrogens (tertiary/aromatic N) is 2. The lowest BCUT2D eigenvalue weighted by molar-refractivity contribution is 0.693. The van der Waals surface area contributed by atoms with Gasteiger partial charge in [-0.3, -0.25) is 4.98 Å². The van der Waals surface area contributed by atoms with E-state index < -0.39 is 0 Å². The highest BCUT2D eigenvalue weighted by Gasteiger charge is 2.25. The summed E-state index contributed by atoms with van der Waals surface area (Å²) in [6.45, 7) is 17.3. The van der Waals surface area contributed by atoms with Crippen molar-refractivity contribution < 1.29 is 0 Å². The summed E-state index contributed by atoms with van der Waals surface area (Å²) < 4.78 is 0. The van der Waals surface area contributed by atoms with Gasteiger partial charge in [-0.05, 0) is 34.8 Å². The fraction of sp³-hybridized carbons (Fsp3) is 0.667. The molecule has 0 aromatic carbocycles. The highest BCUT2D eigenvalue weighted by molar-refractivity contribution is 5.52. The molecule has 0 unspecified atom stereocenters. The van der Waals surface area contributed by atoms with Crippen molar-refractivity contribution in [3.05, 3.63) is 28.1 Å². The fourth-order valence-electron chi connectivity index (χ4n) is 2.82. The molecule has 0 amide bonds. The second kappa shape index (κ2) is 6.39. The smallest absolute Gasteiger partial charge is 0.0999 e. The first-order valence-electron chi connectivity index (χ1n) is 7.69. The average molecular weight is 272 g/mol. The first-order chi connectivity index (χ1) is 9.22. The summed E-state index contributed by atoms with van der Waals surface area (Å²) in [5, 5.41) is 9.73. The SMILES string of the molecule is CC(C)c1nc(C(C)C)c(C(C)C)c(C#N)c1C(C)C. The van der Waals surface area contributed by atoms with Crippen molar-refractivity contribution >= 4 is 0 Å². The molecule has 1 aromatic heterocycles. The van der Waals surface area contributed by atoms with Gasteiger partial charge in [-0.1, -0.05) is 55.4 Å². The lowest BCUT2D eigenvalue weighted by Gasteiger charge is -2.25. The molecule has 0 aliphatic heterocycles. The minimum absolute atomic E-state index is 0.327. The van der Waals surface area contributed by atoms with Crippen LogP contribution in [0.15, 0.2) is 0 Å². The number of pyridine rings is 1. The molecule has 1 rings (SSSR count). The van der Waals surface area contributed by atoms with Gasteiger partial charge in [0.05, 0.1) is 11.6 Å². The molecule has 0 radical (unpaired) electrons. The molecule has 0 N–H and O–H groups in total. The molecule has 110 valence electrons. The lowest BCUT2D eigenvalue weighted by atomic mass is 9.83. The van der Waals surface area contributed by atoms with Gasteiger partial charge < -0.3 is 0 Å². The summed E-state index contributed by atoms with van der Waals surface area (Å²) in [4.78, 5) is 4.97. The quantitative estimate of drug-likeness (QED) is 0.731. The van der Waals surface area contributed by atoms with Crippen LogP contribution >= 0.6 is 0 Å². The van der Waals surface area contributed by atoms with Crippen LogP contribution in [0.25, 0.3) is 0 Å². The summed E-state index contributed by atoms with van der Waals surface area (Å²) in [7, 11) is 0. The third-order valence-electron chi connectivity index (χ3n) is 3.69. The average Bonchev–Trinajstić information content (AvgIpc) is 2.34. The van der Waals surface area contributed by atoms with E-state index in [4.69, 9.17) is 4.98 Å². The van der Waals surface area contributed by atoms with Gasteiger partial charge in [0.15, 0.2) is 0 Å². The van der Waals surface area contributed by atoms with Gasteiger partial charge >= 0.3 is 0 Å². The molecular weight excluding hydrogens is 244 g/mol. The summed E-state index contributed by atoms with van der Waals surface area (Å²) >= 11 is 0. The predicted octanol–water partition coefficient (Wildman–Crippen LogP) is 5.45. The highest BCUT2D eigenvalue weighted by atomic mass is 14.7. The largest absolute Gasteiger partial charge is 0.257 e. The Labute approximate surface area is 124 Å². The maximum atomic E-state index is 9.73. The van der Waals surface area contributed by atoms with Crippen molar-refractivity contribution in [1.29, 1.82) is 5.26 Å². The van der Waals surface area contributed by atoms with E-state index in [1.54, 1.807) is 0 Å². The van der Waals surface area contributed by atoms with E-state index in [-0.39, 0.29) is 0 Å². The molecule has 1 aromatic rings. The van der Waals surface area contributed by atoms with Crippen LogP contribution in [0.3, 0.4) is 0 Å². The van der Waals surface area contributed by atoms with Gasteiger partial charge in [0.1, 0.15) is 0 Å². The zero-order chi connectivity index (χ0) is 15.6. The number of rotatable bonds is 4. The Morgan fingerprint density at radius 2 is 1.05 bits per heavy atom. The Balaban J connectivity index is 3.85. The fourth-order valence-corrected chi connectivity index (χ4v) is 2.82. The van der Waals surface area contributed by atoms with E-state index in [1.165, 1.54) is 0 Å². The maximum Gasteiger partial charge on any atom is 0.0999 e. The molecule has 0 bridgehead atoms. The van der Waals surface area contributed by atoms with Gasteiger partial charge in [-0.2, -0.15) is 5.26 Å². The zero-order valence-corrected chi connectivity index (χ0v) is 14.2. The van der Waals surface area contributed by atoms with Crippen molar-refractivity contribution in [3.63, 3.8) is 0 Å². The minimum atomic E-state index is 0.327. The van der Waals surface area contributed by atoms with E-state index >= 15 is 0 Å². The van der Waals surface area contributed by atoms with Crippen LogP contribution in [0.1, 0.15) is 107 Å². The number of aromatic nitrogens is 1. The summed E-state index contributed by atoms with van der Waals surface area (Å²) in [5.74, 6) is 1.35. The topological polar surface area (TPSA) is 36.7 Å². The molecule has 2 heteroatoms. The lowest BCUT2D eigenvalue weighted by Crippen LogP contribution is -2.14. The third-order valence-corrected chi connectivity index (χ3v) is 3.69. The summed E-state index contributed by atoms with van der Waals surface area (Å²) in [5.41, 5.74) is 5.37. The standard InChI is InChI=1S/C18H28N2/c1-10(2)15-14(9-19)16(11(3)4)18(13(7)8)20-17(15)12(5)6/h10-13H,1-8H3. The maximum absolute atomic E-state index is 9.73. The van der Waals surface area contributed by atoms with Crippen molar-refractivity contribution in [2.75, 3.05) is 0 Å². The minimum Gasteiger partial charge on any atom is -0.257 e. The van der Waals surface area contributed by atoms with E-state index in [2.05, 4.69) is 61.5 Å². The van der Waals surface area contributed by atoms with Gasteiger partial charge in [-0.15, -0.1) is 0 Å². The molecule has 20 heavy (non-hydrogen) atoms. The number of hydrogen-bond donors (Lipinski definition) is 0. The molecule has 1 heterocycles. The molecule has 0 saturated carbocycles. The molecular formula is C18H28N2. The monoisotopic (exact) mass is 272 g/mol. The molecule has 0 aliphatic carbocycles. The van der Waals surface area contributed by atoms with Crippen molar-refractivity contribution in [2.24, 2.45) is 0 Å². The van der Waals surface area contributed by atoms with Gasteiger partial charge in [0.25, 0.3) is 0 Å². The Morgan fingerprint density at radius 1 is 0.700 bits per heavy atom. The first-order valence-corrected chi connectivity index (χ1v) is 7.69. The summed E-state index contributed by atoms with van der Waals surface area (Å²) in [6.07, 6.45) is 0. The first kappa shape index (κ1) is 16.7. The second-order valence-electron chi connectivity index (χ2n) is 6.82. The number of nitriles is 1. The Bertz CT molecular complexity index is 479. The molecule has 0 spiro atoms. The van der Waals surface area contributed by atoms with Crippen LogP contribution in [0.4, 0.5) is 0 Å². The number of hydrogen-bond acceptors (Lipinski definition) is 2. The van der Waals surface area contributed by atoms with Crippen LogP contribution in [-0.4, -0.2) is 4.98 Å². The van der Waals surface area contributed by atoms with Gasteiger partial charge in [0, 0.05) is 11.4 Å². The van der Waals surface area contributed by atoms with E-state index in [1.807, 2.05) is 0 Å². The van der Waals surface area contributed by atoms with Crippen LogP contribution in [-0.2, 0) is 0 Å². The molecule has 2 nitrogen and oxygen atoms in total. The van der Waals surface area contributed by atoms with E-state index in [9.17, 15) is 5.26 Å². The van der Waals surface area contributed by atoms with Crippen molar-refractivity contribution in [3.8, 4) is 6.07 Å². The highest BCUT2D eigenvalue weighted by Crippen LogP contribution is 2.36. The van der Waals surface area contributed by atoms with Crippen molar-refractivity contribution in [1.82, 2.24) is 4.98 Å². The van der Waals surface area contributed by atoms with E-state index in [0.717, 1.165) is 28.1 Å². The van der Waals surface area contributed by atoms with E-state index in [0.29, 0.717) is 23.7 Å².